The Bertz CT molecular complexity index is 1270. The number of piperidine rings is 1. The lowest BCUT2D eigenvalue weighted by Gasteiger charge is -2.56. The molecule has 3 aliphatic heterocycles. The van der Waals surface area contributed by atoms with E-state index in [1.54, 1.807) is 0 Å². The third-order valence-corrected chi connectivity index (χ3v) is 7.04. The van der Waals surface area contributed by atoms with Gasteiger partial charge in [-0.25, -0.2) is 4.98 Å². The highest BCUT2D eigenvalue weighted by molar-refractivity contribution is 5.99. The third kappa shape index (κ3) is 5.41. The van der Waals surface area contributed by atoms with Crippen molar-refractivity contribution >= 4 is 17.3 Å². The fourth-order valence-corrected chi connectivity index (χ4v) is 5.12. The van der Waals surface area contributed by atoms with E-state index in [2.05, 4.69) is 75.2 Å². The molecule has 0 saturated carbocycles. The molecule has 6 rings (SSSR count). The zero-order valence-electron chi connectivity index (χ0n) is 21.6. The summed E-state index contributed by atoms with van der Waals surface area (Å²) in [6.07, 6.45) is 5.14. The van der Waals surface area contributed by atoms with Crippen molar-refractivity contribution in [2.24, 2.45) is 4.99 Å². The number of aromatic nitrogens is 3. The minimum absolute atomic E-state index is 0.606. The maximum absolute atomic E-state index is 4.79. The Kier molecular flexibility index (Phi) is 6.74. The third-order valence-electron chi connectivity index (χ3n) is 7.04. The molecule has 3 aliphatic rings. The van der Waals surface area contributed by atoms with E-state index < -0.39 is 0 Å². The monoisotopic (exact) mass is 481 g/mol. The van der Waals surface area contributed by atoms with E-state index in [4.69, 9.17) is 9.98 Å². The van der Waals surface area contributed by atoms with E-state index in [9.17, 15) is 0 Å². The maximum atomic E-state index is 4.79. The number of pyridine rings is 1. The standard InChI is InChI=1S/C29H35N7/c1-19-6-8-24(9-7-19)16-36-26-14-27(36)18-35(17-26)29-11-10-25(15-30-29)23(5)31-20(2)12-21(3)32-28-13-22(4)33-34-28/h6-13,15,26-27H,3,14,16-18H2,1-2,4-5H3,(H2,32,33,34)/b20-12-,31-23+. The summed E-state index contributed by atoms with van der Waals surface area (Å²) in [5.41, 5.74) is 7.28. The summed E-state index contributed by atoms with van der Waals surface area (Å²) in [4.78, 5) is 14.6. The van der Waals surface area contributed by atoms with E-state index in [1.807, 2.05) is 39.1 Å². The highest BCUT2D eigenvalue weighted by atomic mass is 15.4. The molecule has 0 amide bonds. The summed E-state index contributed by atoms with van der Waals surface area (Å²) in [5, 5.41) is 10.3. The van der Waals surface area contributed by atoms with Crippen LogP contribution < -0.4 is 10.2 Å². The molecule has 0 aliphatic carbocycles. The number of nitrogens with one attached hydrogen (secondary N) is 2. The molecule has 3 aromatic rings. The Hall–Kier alpha value is -3.71. The number of H-pyrrole nitrogens is 1. The van der Waals surface area contributed by atoms with Crippen LogP contribution in [0.2, 0.25) is 0 Å². The van der Waals surface area contributed by atoms with Crippen LogP contribution in [0, 0.1) is 13.8 Å². The van der Waals surface area contributed by atoms with Crippen molar-refractivity contribution in [2.45, 2.75) is 52.7 Å². The Morgan fingerprint density at radius 1 is 1.14 bits per heavy atom. The van der Waals surface area contributed by atoms with Gasteiger partial charge in [-0.3, -0.25) is 15.0 Å². The van der Waals surface area contributed by atoms with E-state index in [-0.39, 0.29) is 0 Å². The zero-order chi connectivity index (χ0) is 25.2. The van der Waals surface area contributed by atoms with Crippen LogP contribution in [-0.4, -0.2) is 51.0 Å². The zero-order valence-corrected chi connectivity index (χ0v) is 21.6. The normalized spacial score (nSPS) is 20.3. The van der Waals surface area contributed by atoms with Gasteiger partial charge in [0, 0.05) is 72.3 Å². The number of aryl methyl sites for hydroxylation is 2. The molecule has 7 heteroatoms. The van der Waals surface area contributed by atoms with Crippen molar-refractivity contribution in [1.29, 1.82) is 0 Å². The van der Waals surface area contributed by atoms with E-state index in [0.29, 0.717) is 12.1 Å². The fraction of sp³-hybridized carbons (Fsp3) is 0.345. The van der Waals surface area contributed by atoms with Gasteiger partial charge in [-0.1, -0.05) is 36.4 Å². The van der Waals surface area contributed by atoms with Crippen molar-refractivity contribution < 1.29 is 0 Å². The first-order chi connectivity index (χ1) is 17.3. The number of rotatable bonds is 8. The summed E-state index contributed by atoms with van der Waals surface area (Å²) in [6.45, 7) is 15.3. The van der Waals surface area contributed by atoms with Gasteiger partial charge >= 0.3 is 0 Å². The van der Waals surface area contributed by atoms with Gasteiger partial charge < -0.3 is 10.2 Å². The molecule has 2 N–H and O–H groups in total. The largest absolute Gasteiger partial charge is 0.353 e. The summed E-state index contributed by atoms with van der Waals surface area (Å²) in [7, 11) is 0. The van der Waals surface area contributed by atoms with E-state index in [1.165, 1.54) is 17.5 Å². The molecule has 7 nitrogen and oxygen atoms in total. The Morgan fingerprint density at radius 2 is 1.89 bits per heavy atom. The van der Waals surface area contributed by atoms with Gasteiger partial charge in [0.05, 0.1) is 0 Å². The van der Waals surface area contributed by atoms with Crippen LogP contribution in [0.1, 0.15) is 42.7 Å². The second-order valence-electron chi connectivity index (χ2n) is 10.1. The molecule has 2 aromatic heterocycles. The van der Waals surface area contributed by atoms with Crippen LogP contribution in [0.25, 0.3) is 0 Å². The molecule has 3 saturated heterocycles. The number of aromatic amines is 1. The van der Waals surface area contributed by atoms with Crippen molar-refractivity contribution in [1.82, 2.24) is 20.1 Å². The predicted molar refractivity (Wildman–Crippen MR) is 147 cm³/mol. The lowest BCUT2D eigenvalue weighted by Crippen LogP contribution is -2.68. The molecule has 2 unspecified atom stereocenters. The number of nitrogens with zero attached hydrogens (tertiary/aromatic N) is 5. The van der Waals surface area contributed by atoms with Crippen molar-refractivity contribution in [3.05, 3.63) is 95.1 Å². The Morgan fingerprint density at radius 3 is 2.53 bits per heavy atom. The van der Waals surface area contributed by atoms with Gasteiger partial charge in [0.2, 0.25) is 0 Å². The average Bonchev–Trinajstić information content (AvgIpc) is 3.27. The average molecular weight is 482 g/mol. The summed E-state index contributed by atoms with van der Waals surface area (Å²) in [6, 6.07) is 16.3. The smallest absolute Gasteiger partial charge is 0.152 e. The molecule has 0 spiro atoms. The van der Waals surface area contributed by atoms with Crippen LogP contribution in [0.4, 0.5) is 11.6 Å². The van der Waals surface area contributed by atoms with Gasteiger partial charge in [0.1, 0.15) is 5.82 Å². The van der Waals surface area contributed by atoms with Crippen molar-refractivity contribution in [3.8, 4) is 0 Å². The lowest BCUT2D eigenvalue weighted by molar-refractivity contribution is -0.00868. The molecule has 3 fully saturated rings. The van der Waals surface area contributed by atoms with Crippen molar-refractivity contribution in [2.75, 3.05) is 23.3 Å². The SMILES string of the molecule is C=C(/C=C(C)\N=C(/C)c1ccc(N2CC3CC(C2)N3Cc2ccc(C)cc2)nc1)Nc1cc(C)[nH]n1. The van der Waals surface area contributed by atoms with Crippen LogP contribution >= 0.6 is 0 Å². The van der Waals surface area contributed by atoms with Gasteiger partial charge in [-0.2, -0.15) is 5.10 Å². The number of fused-ring (bicyclic) bond motifs is 2. The Labute approximate surface area is 213 Å². The van der Waals surface area contributed by atoms with E-state index in [0.717, 1.165) is 59.6 Å². The first kappa shape index (κ1) is 24.0. The molecule has 186 valence electrons. The van der Waals surface area contributed by atoms with Crippen LogP contribution in [-0.2, 0) is 6.54 Å². The summed E-state index contributed by atoms with van der Waals surface area (Å²) in [5.74, 6) is 1.80. The van der Waals surface area contributed by atoms with Gasteiger partial charge in [-0.05, 0) is 57.9 Å². The highest BCUT2D eigenvalue weighted by Gasteiger charge is 2.44. The van der Waals surface area contributed by atoms with E-state index >= 15 is 0 Å². The van der Waals surface area contributed by atoms with Crippen LogP contribution in [0.15, 0.2) is 77.7 Å². The number of allylic oxidation sites excluding steroid dienone is 2. The molecule has 2 bridgehead atoms. The highest BCUT2D eigenvalue weighted by Crippen LogP contribution is 2.35. The number of hydrogen-bond donors (Lipinski definition) is 2. The number of piperazine rings is 1. The molecule has 2 atom stereocenters. The van der Waals surface area contributed by atoms with Crippen LogP contribution in [0.5, 0.6) is 0 Å². The van der Waals surface area contributed by atoms with Gasteiger partial charge in [0.25, 0.3) is 0 Å². The second-order valence-corrected chi connectivity index (χ2v) is 10.1. The minimum atomic E-state index is 0.606. The molecule has 5 heterocycles. The topological polar surface area (TPSA) is 72.4 Å². The van der Waals surface area contributed by atoms with Gasteiger partial charge in [-0.15, -0.1) is 0 Å². The second kappa shape index (κ2) is 10.1. The first-order valence-corrected chi connectivity index (χ1v) is 12.6. The minimum Gasteiger partial charge on any atom is -0.353 e. The lowest BCUT2D eigenvalue weighted by atomic mass is 9.86. The van der Waals surface area contributed by atoms with Crippen molar-refractivity contribution in [3.63, 3.8) is 0 Å². The molecular weight excluding hydrogens is 446 g/mol. The first-order valence-electron chi connectivity index (χ1n) is 12.6. The maximum Gasteiger partial charge on any atom is 0.152 e. The fourth-order valence-electron chi connectivity index (χ4n) is 5.12. The predicted octanol–water partition coefficient (Wildman–Crippen LogP) is 5.22. The van der Waals surface area contributed by atoms with Crippen LogP contribution in [0.3, 0.4) is 0 Å². The molecule has 1 aromatic carbocycles. The quantitative estimate of drug-likeness (QED) is 0.341. The molecule has 36 heavy (non-hydrogen) atoms. The number of anilines is 2. The Balaban J connectivity index is 1.17. The molecular formula is C29H35N7. The summed E-state index contributed by atoms with van der Waals surface area (Å²) < 4.78 is 0. The number of aliphatic imine (C=N–C) groups is 1. The number of hydrogen-bond acceptors (Lipinski definition) is 6. The molecule has 0 radical (unpaired) electrons. The van der Waals surface area contributed by atoms with Gasteiger partial charge in [0.15, 0.2) is 5.82 Å². The summed E-state index contributed by atoms with van der Waals surface area (Å²) >= 11 is 0. The number of benzene rings is 1.